The topological polar surface area (TPSA) is 75.9 Å². The van der Waals surface area contributed by atoms with Crippen LogP contribution in [-0.4, -0.2) is 19.7 Å². The van der Waals surface area contributed by atoms with Crippen molar-refractivity contribution in [3.8, 4) is 0 Å². The van der Waals surface area contributed by atoms with Crippen molar-refractivity contribution >= 4 is 39.2 Å². The van der Waals surface area contributed by atoms with Gasteiger partial charge >= 0.3 is 0 Å². The highest BCUT2D eigenvalue weighted by atomic mass is 32.2. The Hall–Kier alpha value is -1.65. The maximum Gasteiger partial charge on any atom is 0.292 e. The number of hydrogen-bond acceptors (Lipinski definition) is 5. The molecule has 0 amide bonds. The van der Waals surface area contributed by atoms with Crippen molar-refractivity contribution in [1.29, 1.82) is 0 Å². The SMILES string of the molecule is Cc1cc(S(=O)(=O)N=C=O)ccc1N=C=S. The van der Waals surface area contributed by atoms with E-state index in [-0.39, 0.29) is 4.90 Å². The van der Waals surface area contributed by atoms with Crippen LogP contribution in [-0.2, 0) is 14.8 Å². The number of sulfonamides is 1. The molecule has 0 aromatic heterocycles. The van der Waals surface area contributed by atoms with Crippen LogP contribution in [0.15, 0.2) is 32.5 Å². The molecule has 82 valence electrons. The number of isocyanates is 1. The summed E-state index contributed by atoms with van der Waals surface area (Å²) in [5, 5.41) is 2.18. The molecule has 0 spiro atoms. The van der Waals surface area contributed by atoms with Crippen LogP contribution in [0.2, 0.25) is 0 Å². The summed E-state index contributed by atoms with van der Waals surface area (Å²) in [6.07, 6.45) is 1.00. The second kappa shape index (κ2) is 4.92. The van der Waals surface area contributed by atoms with Crippen LogP contribution in [0.4, 0.5) is 5.69 Å². The molecule has 0 fully saturated rings. The van der Waals surface area contributed by atoms with Gasteiger partial charge in [0.1, 0.15) is 0 Å². The molecule has 0 N–H and O–H groups in total. The molecule has 0 aliphatic heterocycles. The number of benzene rings is 1. The van der Waals surface area contributed by atoms with E-state index in [1.165, 1.54) is 18.2 Å². The van der Waals surface area contributed by atoms with Crippen molar-refractivity contribution in [2.75, 3.05) is 0 Å². The highest BCUT2D eigenvalue weighted by molar-refractivity contribution is 7.90. The number of thiocarbonyl (C=S) groups is 1. The van der Waals surface area contributed by atoms with E-state index in [1.54, 1.807) is 6.92 Å². The lowest BCUT2D eigenvalue weighted by Gasteiger charge is -2.01. The van der Waals surface area contributed by atoms with Crippen LogP contribution in [0.1, 0.15) is 5.56 Å². The molecule has 0 aliphatic rings. The van der Waals surface area contributed by atoms with Crippen molar-refractivity contribution in [3.05, 3.63) is 23.8 Å². The van der Waals surface area contributed by atoms with Gasteiger partial charge in [0.05, 0.1) is 15.7 Å². The minimum atomic E-state index is -3.95. The monoisotopic (exact) mass is 254 g/mol. The Bertz CT molecular complexity index is 610. The Morgan fingerprint density at radius 1 is 1.38 bits per heavy atom. The number of carbonyl (C=O) groups excluding carboxylic acids is 1. The van der Waals surface area contributed by atoms with Crippen LogP contribution in [0.25, 0.3) is 0 Å². The van der Waals surface area contributed by atoms with E-state index in [0.29, 0.717) is 11.3 Å². The van der Waals surface area contributed by atoms with Gasteiger partial charge < -0.3 is 0 Å². The largest absolute Gasteiger partial charge is 0.292 e. The average molecular weight is 254 g/mol. The summed E-state index contributed by atoms with van der Waals surface area (Å²) in [6.45, 7) is 1.66. The molecular weight excluding hydrogens is 248 g/mol. The van der Waals surface area contributed by atoms with Gasteiger partial charge in [0.15, 0.2) is 0 Å². The fourth-order valence-corrected chi connectivity index (χ4v) is 1.93. The molecule has 1 aromatic carbocycles. The van der Waals surface area contributed by atoms with E-state index in [1.807, 2.05) is 0 Å². The minimum absolute atomic E-state index is 0.0864. The average Bonchev–Trinajstić information content (AvgIpc) is 2.21. The molecule has 0 unspecified atom stereocenters. The first-order valence-electron chi connectivity index (χ1n) is 4.04. The highest BCUT2D eigenvalue weighted by Crippen LogP contribution is 2.22. The molecule has 0 saturated heterocycles. The number of aryl methyl sites for hydroxylation is 1. The van der Waals surface area contributed by atoms with Crippen LogP contribution in [0, 0.1) is 6.92 Å². The number of rotatable bonds is 3. The molecule has 0 heterocycles. The zero-order valence-electron chi connectivity index (χ0n) is 8.17. The van der Waals surface area contributed by atoms with Gasteiger partial charge in [-0.1, -0.05) is 4.40 Å². The van der Waals surface area contributed by atoms with Gasteiger partial charge in [0, 0.05) is 0 Å². The smallest absolute Gasteiger partial charge is 0.210 e. The van der Waals surface area contributed by atoms with Crippen LogP contribution >= 0.6 is 12.2 Å². The predicted molar refractivity (Wildman–Crippen MR) is 61.2 cm³/mol. The summed E-state index contributed by atoms with van der Waals surface area (Å²) >= 11 is 4.44. The zero-order chi connectivity index (χ0) is 12.2. The molecular formula is C9H6N2O3S2. The summed E-state index contributed by atoms with van der Waals surface area (Å²) in [5.74, 6) is 0. The fraction of sp³-hybridized carbons (Fsp3) is 0.111. The van der Waals surface area contributed by atoms with Gasteiger partial charge in [-0.3, -0.25) is 0 Å². The maximum atomic E-state index is 11.4. The maximum absolute atomic E-state index is 11.4. The lowest BCUT2D eigenvalue weighted by Crippen LogP contribution is -1.96. The molecule has 0 radical (unpaired) electrons. The highest BCUT2D eigenvalue weighted by Gasteiger charge is 2.13. The van der Waals surface area contributed by atoms with Crippen LogP contribution in [0.5, 0.6) is 0 Å². The normalized spacial score (nSPS) is 10.1. The summed E-state index contributed by atoms with van der Waals surface area (Å²) in [4.78, 5) is 13.6. The van der Waals surface area contributed by atoms with E-state index < -0.39 is 10.0 Å². The van der Waals surface area contributed by atoms with Crippen molar-refractivity contribution in [2.24, 2.45) is 9.39 Å². The van der Waals surface area contributed by atoms with Crippen molar-refractivity contribution < 1.29 is 13.2 Å². The molecule has 0 aliphatic carbocycles. The number of isothiocyanates is 1. The van der Waals surface area contributed by atoms with E-state index in [9.17, 15) is 13.2 Å². The summed E-state index contributed by atoms with van der Waals surface area (Å²) in [5.41, 5.74) is 1.11. The van der Waals surface area contributed by atoms with Crippen LogP contribution < -0.4 is 0 Å². The van der Waals surface area contributed by atoms with Gasteiger partial charge in [-0.2, -0.15) is 13.4 Å². The van der Waals surface area contributed by atoms with Crippen LogP contribution in [0.3, 0.4) is 0 Å². The van der Waals surface area contributed by atoms with Gasteiger partial charge in [0.25, 0.3) is 16.1 Å². The second-order valence-corrected chi connectivity index (χ2v) is 4.60. The Balaban J connectivity index is 3.37. The van der Waals surface area contributed by atoms with E-state index >= 15 is 0 Å². The fourth-order valence-electron chi connectivity index (χ4n) is 1.06. The van der Waals surface area contributed by atoms with Crippen molar-refractivity contribution in [2.45, 2.75) is 11.8 Å². The quantitative estimate of drug-likeness (QED) is 0.468. The summed E-state index contributed by atoms with van der Waals surface area (Å²) in [7, 11) is -3.95. The Morgan fingerprint density at radius 2 is 2.06 bits per heavy atom. The predicted octanol–water partition coefficient (Wildman–Crippen LogP) is 1.75. The number of hydrogen-bond donors (Lipinski definition) is 0. The van der Waals surface area contributed by atoms with E-state index in [0.717, 1.165) is 6.08 Å². The number of aliphatic imine (C=N–C) groups is 1. The molecule has 0 saturated carbocycles. The minimum Gasteiger partial charge on any atom is -0.210 e. The Labute approximate surface area is 97.6 Å². The standard InChI is InChI=1S/C9H6N2O3S2/c1-7-4-8(16(13,14)11-5-12)2-3-9(7)10-6-15/h2-4H,1H3. The summed E-state index contributed by atoms with van der Waals surface area (Å²) in [6, 6.07) is 4.10. The van der Waals surface area contributed by atoms with E-state index in [2.05, 4.69) is 26.8 Å². The molecule has 1 aromatic rings. The number of nitrogens with zero attached hydrogens (tertiary/aromatic N) is 2. The first-order chi connectivity index (χ1) is 7.51. The Kier molecular flexibility index (Phi) is 3.82. The van der Waals surface area contributed by atoms with Gasteiger partial charge in [-0.05, 0) is 42.9 Å². The zero-order valence-corrected chi connectivity index (χ0v) is 9.80. The third-order valence-electron chi connectivity index (χ3n) is 1.79. The lowest BCUT2D eigenvalue weighted by atomic mass is 10.2. The molecule has 5 nitrogen and oxygen atoms in total. The second-order valence-electron chi connectivity index (χ2n) is 2.81. The third-order valence-corrected chi connectivity index (χ3v) is 3.05. The first-order valence-corrected chi connectivity index (χ1v) is 5.89. The van der Waals surface area contributed by atoms with E-state index in [4.69, 9.17) is 0 Å². The molecule has 16 heavy (non-hydrogen) atoms. The molecule has 0 atom stereocenters. The molecule has 0 bridgehead atoms. The van der Waals surface area contributed by atoms with Gasteiger partial charge in [-0.25, -0.2) is 4.79 Å². The first kappa shape index (κ1) is 12.4. The molecule has 1 rings (SSSR count). The molecule has 7 heteroatoms. The van der Waals surface area contributed by atoms with Gasteiger partial charge in [0.2, 0.25) is 0 Å². The van der Waals surface area contributed by atoms with Crippen molar-refractivity contribution in [1.82, 2.24) is 0 Å². The Morgan fingerprint density at radius 3 is 2.56 bits per heavy atom. The van der Waals surface area contributed by atoms with Gasteiger partial charge in [-0.15, -0.1) is 0 Å². The lowest BCUT2D eigenvalue weighted by molar-refractivity contribution is 0.563. The third kappa shape index (κ3) is 2.68. The van der Waals surface area contributed by atoms with Crippen molar-refractivity contribution in [3.63, 3.8) is 0 Å². The summed E-state index contributed by atoms with van der Waals surface area (Å²) < 4.78 is 25.5.